The van der Waals surface area contributed by atoms with Crippen molar-refractivity contribution in [3.8, 4) is 0 Å². The second kappa shape index (κ2) is 8.26. The van der Waals surface area contributed by atoms with Crippen molar-refractivity contribution >= 4 is 23.3 Å². The van der Waals surface area contributed by atoms with E-state index >= 15 is 0 Å². The molecular weight excluding hydrogens is 286 g/mol. The van der Waals surface area contributed by atoms with Crippen LogP contribution in [0.4, 0.5) is 0 Å². The summed E-state index contributed by atoms with van der Waals surface area (Å²) >= 11 is 1.59. The molecule has 21 heavy (non-hydrogen) atoms. The lowest BCUT2D eigenvalue weighted by molar-refractivity contribution is -0.117. The van der Waals surface area contributed by atoms with Crippen LogP contribution in [0.3, 0.4) is 0 Å². The van der Waals surface area contributed by atoms with Crippen LogP contribution in [0.5, 0.6) is 0 Å². The summed E-state index contributed by atoms with van der Waals surface area (Å²) in [5.41, 5.74) is 0.849. The first-order valence-electron chi connectivity index (χ1n) is 7.29. The minimum Gasteiger partial charge on any atom is -0.383 e. The number of rotatable bonds is 6. The molecule has 5 nitrogen and oxygen atoms in total. The molecule has 1 aromatic heterocycles. The zero-order chi connectivity index (χ0) is 15.1. The van der Waals surface area contributed by atoms with Crippen LogP contribution in [0, 0.1) is 6.92 Å². The van der Waals surface area contributed by atoms with E-state index in [4.69, 9.17) is 4.74 Å². The van der Waals surface area contributed by atoms with Crippen molar-refractivity contribution in [2.45, 2.75) is 25.8 Å². The Labute approximate surface area is 130 Å². The van der Waals surface area contributed by atoms with Crippen molar-refractivity contribution in [3.63, 3.8) is 0 Å². The van der Waals surface area contributed by atoms with Crippen molar-refractivity contribution in [1.82, 2.24) is 15.2 Å². The lowest BCUT2D eigenvalue weighted by Gasteiger charge is -2.31. The Kier molecular flexibility index (Phi) is 6.35. The van der Waals surface area contributed by atoms with Crippen LogP contribution in [0.2, 0.25) is 0 Å². The third-order valence-electron chi connectivity index (χ3n) is 3.59. The Morgan fingerprint density at radius 3 is 2.95 bits per heavy atom. The number of piperidine rings is 1. The number of nitrogens with one attached hydrogen (secondary N) is 1. The lowest BCUT2D eigenvalue weighted by atomic mass is 10.1. The molecule has 1 aliphatic heterocycles. The number of amides is 1. The van der Waals surface area contributed by atoms with Gasteiger partial charge in [-0.1, -0.05) is 0 Å². The topological polar surface area (TPSA) is 54.5 Å². The molecule has 0 bridgehead atoms. The molecule has 0 aromatic carbocycles. The van der Waals surface area contributed by atoms with Gasteiger partial charge >= 0.3 is 0 Å². The van der Waals surface area contributed by atoms with Gasteiger partial charge in [0.05, 0.1) is 17.3 Å². The second-order valence-electron chi connectivity index (χ2n) is 5.24. The van der Waals surface area contributed by atoms with Crippen LogP contribution in [0.1, 0.15) is 23.5 Å². The van der Waals surface area contributed by atoms with E-state index in [1.807, 2.05) is 12.3 Å². The number of thiazole rings is 1. The second-order valence-corrected chi connectivity index (χ2v) is 6.30. The Bertz CT molecular complexity index is 479. The highest BCUT2D eigenvalue weighted by Gasteiger charge is 2.19. The molecule has 2 rings (SSSR count). The Hall–Kier alpha value is -1.24. The number of ether oxygens (including phenoxy) is 1. The molecule has 0 radical (unpaired) electrons. The van der Waals surface area contributed by atoms with E-state index in [0.717, 1.165) is 49.8 Å². The van der Waals surface area contributed by atoms with Gasteiger partial charge in [0.2, 0.25) is 5.91 Å². The van der Waals surface area contributed by atoms with E-state index in [1.165, 1.54) is 0 Å². The zero-order valence-corrected chi connectivity index (χ0v) is 13.5. The molecule has 0 unspecified atom stereocenters. The van der Waals surface area contributed by atoms with Gasteiger partial charge in [-0.15, -0.1) is 11.3 Å². The molecule has 1 N–H and O–H groups in total. The number of nitrogens with zero attached hydrogens (tertiary/aromatic N) is 2. The number of hydrogen-bond donors (Lipinski definition) is 1. The van der Waals surface area contributed by atoms with Crippen molar-refractivity contribution in [1.29, 1.82) is 0 Å². The summed E-state index contributed by atoms with van der Waals surface area (Å²) in [5, 5.41) is 6.03. The highest BCUT2D eigenvalue weighted by molar-refractivity contribution is 7.09. The van der Waals surface area contributed by atoms with Crippen molar-refractivity contribution in [2.75, 3.05) is 33.4 Å². The molecule has 0 atom stereocenters. The van der Waals surface area contributed by atoms with Crippen LogP contribution in [0.15, 0.2) is 11.5 Å². The Morgan fingerprint density at radius 2 is 2.33 bits per heavy atom. The summed E-state index contributed by atoms with van der Waals surface area (Å²) < 4.78 is 5.09. The SMILES string of the molecule is COCCN1CCC(NC(=O)/C=C/c2csc(C)n2)CC1. The largest absolute Gasteiger partial charge is 0.383 e. The lowest BCUT2D eigenvalue weighted by Crippen LogP contribution is -2.45. The van der Waals surface area contributed by atoms with Gasteiger partial charge in [-0.05, 0) is 25.8 Å². The summed E-state index contributed by atoms with van der Waals surface area (Å²) in [6.07, 6.45) is 5.34. The molecule has 1 fully saturated rings. The molecule has 1 saturated heterocycles. The maximum Gasteiger partial charge on any atom is 0.244 e. The predicted octanol–water partition coefficient (Wildman–Crippen LogP) is 1.69. The maximum atomic E-state index is 11.9. The third kappa shape index (κ3) is 5.57. The van der Waals surface area contributed by atoms with E-state index < -0.39 is 0 Å². The van der Waals surface area contributed by atoms with Crippen molar-refractivity contribution in [3.05, 3.63) is 22.2 Å². The number of likely N-dealkylation sites (tertiary alicyclic amines) is 1. The van der Waals surface area contributed by atoms with Gasteiger partial charge in [0.1, 0.15) is 0 Å². The fraction of sp³-hybridized carbons (Fsp3) is 0.600. The minimum atomic E-state index is -0.0315. The fourth-order valence-corrected chi connectivity index (χ4v) is 2.97. The summed E-state index contributed by atoms with van der Waals surface area (Å²) in [7, 11) is 1.73. The molecule has 2 heterocycles. The first kappa shape index (κ1) is 16.1. The molecule has 0 saturated carbocycles. The normalized spacial score (nSPS) is 17.4. The average Bonchev–Trinajstić information content (AvgIpc) is 2.90. The molecule has 1 aliphatic rings. The minimum absolute atomic E-state index is 0.0315. The van der Waals surface area contributed by atoms with Gasteiger partial charge < -0.3 is 15.0 Å². The van der Waals surface area contributed by atoms with Crippen LogP contribution in [-0.4, -0.2) is 55.2 Å². The van der Waals surface area contributed by atoms with E-state index in [9.17, 15) is 4.79 Å². The van der Waals surface area contributed by atoms with Gasteiger partial charge in [0.25, 0.3) is 0 Å². The van der Waals surface area contributed by atoms with Gasteiger partial charge in [0, 0.05) is 44.2 Å². The molecule has 0 aliphatic carbocycles. The highest BCUT2D eigenvalue weighted by atomic mass is 32.1. The fourth-order valence-electron chi connectivity index (χ4n) is 2.39. The standard InChI is InChI=1S/C15H23N3O2S/c1-12-16-14(11-21-12)3-4-15(19)17-13-5-7-18(8-6-13)9-10-20-2/h3-4,11,13H,5-10H2,1-2H3,(H,17,19)/b4-3+. The van der Waals surface area contributed by atoms with Gasteiger partial charge in [0.15, 0.2) is 0 Å². The maximum absolute atomic E-state index is 11.9. The first-order valence-corrected chi connectivity index (χ1v) is 8.17. The number of hydrogen-bond acceptors (Lipinski definition) is 5. The average molecular weight is 309 g/mol. The van der Waals surface area contributed by atoms with Gasteiger partial charge in [-0.3, -0.25) is 4.79 Å². The number of aryl methyl sites for hydroxylation is 1. The number of carbonyl (C=O) groups is 1. The monoisotopic (exact) mass is 309 g/mol. The molecule has 1 aromatic rings. The molecule has 6 heteroatoms. The summed E-state index contributed by atoms with van der Waals surface area (Å²) in [4.78, 5) is 18.6. The van der Waals surface area contributed by atoms with Crippen LogP contribution >= 0.6 is 11.3 Å². The third-order valence-corrected chi connectivity index (χ3v) is 4.38. The van der Waals surface area contributed by atoms with Gasteiger partial charge in [-0.2, -0.15) is 0 Å². The van der Waals surface area contributed by atoms with Crippen LogP contribution in [0.25, 0.3) is 6.08 Å². The molecular formula is C15H23N3O2S. The summed E-state index contributed by atoms with van der Waals surface area (Å²) in [6, 6.07) is 0.276. The molecule has 116 valence electrons. The number of aromatic nitrogens is 1. The van der Waals surface area contributed by atoms with E-state index in [-0.39, 0.29) is 11.9 Å². The Balaban J connectivity index is 1.70. The van der Waals surface area contributed by atoms with E-state index in [0.29, 0.717) is 0 Å². The summed E-state index contributed by atoms with van der Waals surface area (Å²) in [5.74, 6) is -0.0315. The zero-order valence-electron chi connectivity index (χ0n) is 12.7. The highest BCUT2D eigenvalue weighted by Crippen LogP contribution is 2.11. The van der Waals surface area contributed by atoms with Crippen LogP contribution in [-0.2, 0) is 9.53 Å². The van der Waals surface area contributed by atoms with Crippen LogP contribution < -0.4 is 5.32 Å². The van der Waals surface area contributed by atoms with Crippen molar-refractivity contribution < 1.29 is 9.53 Å². The smallest absolute Gasteiger partial charge is 0.244 e. The quantitative estimate of drug-likeness (QED) is 0.813. The number of methoxy groups -OCH3 is 1. The van der Waals surface area contributed by atoms with Gasteiger partial charge in [-0.25, -0.2) is 4.98 Å². The predicted molar refractivity (Wildman–Crippen MR) is 85.4 cm³/mol. The van der Waals surface area contributed by atoms with E-state index in [1.54, 1.807) is 30.6 Å². The molecule has 0 spiro atoms. The van der Waals surface area contributed by atoms with E-state index in [2.05, 4.69) is 15.2 Å². The molecule has 1 amide bonds. The first-order chi connectivity index (χ1) is 10.2. The number of carbonyl (C=O) groups excluding carboxylic acids is 1. The Morgan fingerprint density at radius 1 is 1.57 bits per heavy atom. The van der Waals surface area contributed by atoms with Crippen molar-refractivity contribution in [2.24, 2.45) is 0 Å². The summed E-state index contributed by atoms with van der Waals surface area (Å²) in [6.45, 7) is 5.74.